The van der Waals surface area contributed by atoms with Gasteiger partial charge in [-0.3, -0.25) is 9.59 Å². The standard InChI is InChI=1S/C26H32Cl2O4/c1-17-13-25(31)19(15-21(17)27)23(29)11-9-7-5-3-4-6-8-10-12-24(30)20-16-22(28)18(2)14-26(20)32/h13-16,31-32H,3-12H2,1-2H3. The number of hydrogen-bond acceptors (Lipinski definition) is 4. The average molecular weight is 479 g/mol. The van der Waals surface area contributed by atoms with Crippen molar-refractivity contribution in [2.45, 2.75) is 78.1 Å². The molecule has 0 unspecified atom stereocenters. The van der Waals surface area contributed by atoms with Gasteiger partial charge in [0.2, 0.25) is 0 Å². The topological polar surface area (TPSA) is 74.6 Å². The zero-order valence-electron chi connectivity index (χ0n) is 18.8. The molecule has 0 bridgehead atoms. The fourth-order valence-corrected chi connectivity index (χ4v) is 4.01. The third-order valence-corrected chi connectivity index (χ3v) is 6.53. The highest BCUT2D eigenvalue weighted by molar-refractivity contribution is 6.32. The van der Waals surface area contributed by atoms with Crippen LogP contribution >= 0.6 is 23.2 Å². The number of halogens is 2. The van der Waals surface area contributed by atoms with Crippen molar-refractivity contribution >= 4 is 34.8 Å². The molecule has 0 amide bonds. The van der Waals surface area contributed by atoms with E-state index >= 15 is 0 Å². The van der Waals surface area contributed by atoms with Crippen LogP contribution in [0.25, 0.3) is 0 Å². The lowest BCUT2D eigenvalue weighted by molar-refractivity contribution is 0.0967. The molecule has 0 saturated heterocycles. The molecule has 0 spiro atoms. The first-order valence-corrected chi connectivity index (χ1v) is 12.0. The Hall–Kier alpha value is -2.04. The van der Waals surface area contributed by atoms with Crippen LogP contribution in [0.1, 0.15) is 96.1 Å². The summed E-state index contributed by atoms with van der Waals surface area (Å²) in [7, 11) is 0. The number of phenols is 2. The van der Waals surface area contributed by atoms with Gasteiger partial charge in [0.15, 0.2) is 11.6 Å². The number of aromatic hydroxyl groups is 2. The summed E-state index contributed by atoms with van der Waals surface area (Å²) in [6.45, 7) is 3.58. The summed E-state index contributed by atoms with van der Waals surface area (Å²) in [5.41, 5.74) is 2.11. The molecule has 0 heterocycles. The van der Waals surface area contributed by atoms with Crippen molar-refractivity contribution in [3.63, 3.8) is 0 Å². The maximum Gasteiger partial charge on any atom is 0.166 e. The highest BCUT2D eigenvalue weighted by atomic mass is 35.5. The number of carbonyl (C=O) groups excluding carboxylic acids is 2. The second kappa shape index (κ2) is 12.9. The van der Waals surface area contributed by atoms with Crippen LogP contribution in [0.4, 0.5) is 0 Å². The van der Waals surface area contributed by atoms with Crippen LogP contribution in [0.3, 0.4) is 0 Å². The number of Topliss-reactive ketones (excluding diaryl/α,β-unsaturated/α-hetero) is 2. The van der Waals surface area contributed by atoms with Gasteiger partial charge in [0.25, 0.3) is 0 Å². The molecule has 0 aliphatic carbocycles. The van der Waals surface area contributed by atoms with E-state index in [1.807, 2.05) is 0 Å². The Morgan fingerprint density at radius 3 is 1.28 bits per heavy atom. The van der Waals surface area contributed by atoms with Gasteiger partial charge in [-0.05, 0) is 62.1 Å². The van der Waals surface area contributed by atoms with Gasteiger partial charge in [-0.15, -0.1) is 0 Å². The summed E-state index contributed by atoms with van der Waals surface area (Å²) >= 11 is 12.1. The molecule has 0 aliphatic heterocycles. The predicted octanol–water partition coefficient (Wildman–Crippen LogP) is 7.99. The van der Waals surface area contributed by atoms with Crippen LogP contribution < -0.4 is 0 Å². The van der Waals surface area contributed by atoms with Crippen molar-refractivity contribution in [2.75, 3.05) is 0 Å². The summed E-state index contributed by atoms with van der Waals surface area (Å²) in [4.78, 5) is 24.6. The smallest absolute Gasteiger partial charge is 0.166 e. The quantitative estimate of drug-likeness (QED) is 0.226. The SMILES string of the molecule is Cc1cc(O)c(C(=O)CCCCCCCCCCC(=O)c2cc(Cl)c(C)cc2O)cc1Cl. The van der Waals surface area contributed by atoms with E-state index in [9.17, 15) is 19.8 Å². The van der Waals surface area contributed by atoms with E-state index in [1.165, 1.54) is 12.1 Å². The molecule has 6 heteroatoms. The van der Waals surface area contributed by atoms with Gasteiger partial charge in [0, 0.05) is 22.9 Å². The van der Waals surface area contributed by atoms with E-state index < -0.39 is 0 Å². The van der Waals surface area contributed by atoms with Crippen molar-refractivity contribution in [3.8, 4) is 11.5 Å². The van der Waals surface area contributed by atoms with Crippen molar-refractivity contribution in [1.29, 1.82) is 0 Å². The minimum Gasteiger partial charge on any atom is -0.507 e. The van der Waals surface area contributed by atoms with Gasteiger partial charge in [0.1, 0.15) is 11.5 Å². The molecule has 2 aromatic carbocycles. The van der Waals surface area contributed by atoms with Crippen LogP contribution in [0.2, 0.25) is 10.0 Å². The van der Waals surface area contributed by atoms with Crippen LogP contribution in [0.5, 0.6) is 11.5 Å². The molecule has 0 aromatic heterocycles. The summed E-state index contributed by atoms with van der Waals surface area (Å²) in [5.74, 6) is -0.155. The molecule has 174 valence electrons. The van der Waals surface area contributed by atoms with E-state index in [-0.39, 0.29) is 23.1 Å². The monoisotopic (exact) mass is 478 g/mol. The third kappa shape index (κ3) is 7.83. The lowest BCUT2D eigenvalue weighted by atomic mass is 10.00. The number of benzene rings is 2. The Morgan fingerprint density at radius 2 is 0.938 bits per heavy atom. The Morgan fingerprint density at radius 1 is 0.625 bits per heavy atom. The Bertz CT molecular complexity index is 876. The molecular weight excluding hydrogens is 447 g/mol. The summed E-state index contributed by atoms with van der Waals surface area (Å²) in [5, 5.41) is 20.9. The molecule has 2 N–H and O–H groups in total. The zero-order valence-corrected chi connectivity index (χ0v) is 20.4. The number of aryl methyl sites for hydroxylation is 2. The molecule has 0 atom stereocenters. The molecule has 0 radical (unpaired) electrons. The van der Waals surface area contributed by atoms with Crippen molar-refractivity contribution in [1.82, 2.24) is 0 Å². The lowest BCUT2D eigenvalue weighted by Crippen LogP contribution is -2.00. The van der Waals surface area contributed by atoms with Gasteiger partial charge in [-0.2, -0.15) is 0 Å². The van der Waals surface area contributed by atoms with Crippen molar-refractivity contribution < 1.29 is 19.8 Å². The largest absolute Gasteiger partial charge is 0.507 e. The Kier molecular flexibility index (Phi) is 10.5. The Balaban J connectivity index is 1.55. The van der Waals surface area contributed by atoms with Crippen LogP contribution in [0, 0.1) is 13.8 Å². The van der Waals surface area contributed by atoms with Crippen LogP contribution in [-0.2, 0) is 0 Å². The number of hydrogen-bond donors (Lipinski definition) is 2. The zero-order chi connectivity index (χ0) is 23.7. The van der Waals surface area contributed by atoms with Crippen molar-refractivity contribution in [3.05, 3.63) is 56.6 Å². The molecular formula is C26H32Cl2O4. The van der Waals surface area contributed by atoms with E-state index in [0.717, 1.165) is 62.5 Å². The normalized spacial score (nSPS) is 11.0. The summed E-state index contributed by atoms with van der Waals surface area (Å²) in [6.07, 6.45) is 8.65. The van der Waals surface area contributed by atoms with Crippen LogP contribution in [0.15, 0.2) is 24.3 Å². The highest BCUT2D eigenvalue weighted by Crippen LogP contribution is 2.28. The predicted molar refractivity (Wildman–Crippen MR) is 131 cm³/mol. The summed E-state index contributed by atoms with van der Waals surface area (Å²) < 4.78 is 0. The van der Waals surface area contributed by atoms with Gasteiger partial charge in [0.05, 0.1) is 11.1 Å². The fraction of sp³-hybridized carbons (Fsp3) is 0.462. The molecule has 0 aliphatic rings. The van der Waals surface area contributed by atoms with E-state index in [2.05, 4.69) is 0 Å². The second-order valence-corrected chi connectivity index (χ2v) is 9.23. The number of carbonyl (C=O) groups is 2. The molecule has 32 heavy (non-hydrogen) atoms. The van der Waals surface area contributed by atoms with Crippen molar-refractivity contribution in [2.24, 2.45) is 0 Å². The number of unbranched alkanes of at least 4 members (excludes halogenated alkanes) is 7. The fourth-order valence-electron chi connectivity index (χ4n) is 3.68. The molecule has 0 saturated carbocycles. The molecule has 4 nitrogen and oxygen atoms in total. The minimum absolute atomic E-state index is 0.00364. The highest BCUT2D eigenvalue weighted by Gasteiger charge is 2.14. The first-order valence-electron chi connectivity index (χ1n) is 11.2. The first-order chi connectivity index (χ1) is 15.2. The maximum atomic E-state index is 12.3. The molecule has 2 rings (SSSR count). The Labute approximate surface area is 200 Å². The first kappa shape index (κ1) is 26.2. The van der Waals surface area contributed by atoms with Gasteiger partial charge < -0.3 is 10.2 Å². The van der Waals surface area contributed by atoms with E-state index in [0.29, 0.717) is 34.0 Å². The lowest BCUT2D eigenvalue weighted by Gasteiger charge is -2.07. The number of rotatable bonds is 13. The van der Waals surface area contributed by atoms with E-state index in [4.69, 9.17) is 23.2 Å². The maximum absolute atomic E-state index is 12.3. The third-order valence-electron chi connectivity index (χ3n) is 5.71. The number of phenolic OH excluding ortho intramolecular Hbond substituents is 2. The van der Waals surface area contributed by atoms with Gasteiger partial charge >= 0.3 is 0 Å². The molecule has 2 aromatic rings. The number of ketones is 2. The molecule has 0 fully saturated rings. The minimum atomic E-state index is -0.0741. The second-order valence-electron chi connectivity index (χ2n) is 8.41. The van der Waals surface area contributed by atoms with Gasteiger partial charge in [-0.25, -0.2) is 0 Å². The summed E-state index contributed by atoms with van der Waals surface area (Å²) in [6, 6.07) is 6.16. The average Bonchev–Trinajstić information content (AvgIpc) is 2.74. The van der Waals surface area contributed by atoms with Gasteiger partial charge in [-0.1, -0.05) is 61.7 Å². The van der Waals surface area contributed by atoms with Crippen LogP contribution in [-0.4, -0.2) is 21.8 Å². The van der Waals surface area contributed by atoms with E-state index in [1.54, 1.807) is 26.0 Å².